The number of carbonyl (C=O) groups is 1. The van der Waals surface area contributed by atoms with Gasteiger partial charge in [0.2, 0.25) is 0 Å². The predicted octanol–water partition coefficient (Wildman–Crippen LogP) is 1.78. The highest BCUT2D eigenvalue weighted by molar-refractivity contribution is 5.94. The molecule has 2 N–H and O–H groups in total. The standard InChI is InChI=1S/C13H16FNO2/c1-9-3-4-10(11(14)7-9)12(16)15-8-13(17)5-2-6-13/h3-4,7,17H,2,5-6,8H2,1H3,(H,15,16). The second-order valence-corrected chi connectivity index (χ2v) is 4.74. The van der Waals surface area contributed by atoms with Crippen LogP contribution in [0.4, 0.5) is 4.39 Å². The zero-order chi connectivity index (χ0) is 12.5. The van der Waals surface area contributed by atoms with Crippen molar-refractivity contribution in [3.05, 3.63) is 35.1 Å². The topological polar surface area (TPSA) is 49.3 Å². The van der Waals surface area contributed by atoms with E-state index in [-0.39, 0.29) is 12.1 Å². The minimum Gasteiger partial charge on any atom is -0.388 e. The maximum absolute atomic E-state index is 13.5. The van der Waals surface area contributed by atoms with Crippen molar-refractivity contribution in [3.8, 4) is 0 Å². The first kappa shape index (κ1) is 12.0. The summed E-state index contributed by atoms with van der Waals surface area (Å²) in [5.74, 6) is -0.995. The molecule has 17 heavy (non-hydrogen) atoms. The summed E-state index contributed by atoms with van der Waals surface area (Å²) < 4.78 is 13.5. The van der Waals surface area contributed by atoms with Crippen molar-refractivity contribution in [2.24, 2.45) is 0 Å². The minimum atomic E-state index is -0.781. The van der Waals surface area contributed by atoms with Crippen LogP contribution in [0.1, 0.15) is 35.2 Å². The molecule has 1 aliphatic rings. The quantitative estimate of drug-likeness (QED) is 0.841. The van der Waals surface area contributed by atoms with Crippen molar-refractivity contribution >= 4 is 5.91 Å². The van der Waals surface area contributed by atoms with Crippen LogP contribution in [0.3, 0.4) is 0 Å². The van der Waals surface area contributed by atoms with E-state index in [9.17, 15) is 14.3 Å². The number of benzene rings is 1. The van der Waals surface area contributed by atoms with Gasteiger partial charge in [-0.1, -0.05) is 6.07 Å². The molecule has 0 heterocycles. The van der Waals surface area contributed by atoms with Gasteiger partial charge < -0.3 is 10.4 Å². The van der Waals surface area contributed by atoms with Gasteiger partial charge in [0.1, 0.15) is 5.82 Å². The van der Waals surface area contributed by atoms with E-state index in [4.69, 9.17) is 0 Å². The molecule has 1 aliphatic carbocycles. The molecule has 92 valence electrons. The van der Waals surface area contributed by atoms with Gasteiger partial charge in [-0.3, -0.25) is 4.79 Å². The van der Waals surface area contributed by atoms with Gasteiger partial charge in [-0.05, 0) is 43.9 Å². The maximum Gasteiger partial charge on any atom is 0.254 e. The number of aliphatic hydroxyl groups is 1. The normalized spacial score (nSPS) is 17.4. The van der Waals surface area contributed by atoms with Gasteiger partial charge in [0.25, 0.3) is 5.91 Å². The molecular weight excluding hydrogens is 221 g/mol. The second kappa shape index (κ2) is 4.45. The Balaban J connectivity index is 1.99. The summed E-state index contributed by atoms with van der Waals surface area (Å²) in [6.45, 7) is 1.96. The molecule has 1 aromatic rings. The first-order valence-electron chi connectivity index (χ1n) is 5.77. The zero-order valence-electron chi connectivity index (χ0n) is 9.79. The van der Waals surface area contributed by atoms with E-state index < -0.39 is 17.3 Å². The maximum atomic E-state index is 13.5. The third kappa shape index (κ3) is 2.64. The Morgan fingerprint density at radius 2 is 2.24 bits per heavy atom. The van der Waals surface area contributed by atoms with Gasteiger partial charge in [0, 0.05) is 6.54 Å². The van der Waals surface area contributed by atoms with Crippen LogP contribution >= 0.6 is 0 Å². The molecule has 1 saturated carbocycles. The summed E-state index contributed by atoms with van der Waals surface area (Å²) in [5.41, 5.74) is 0.0202. The molecule has 0 unspecified atom stereocenters. The number of halogens is 1. The smallest absolute Gasteiger partial charge is 0.254 e. The molecule has 0 spiro atoms. The highest BCUT2D eigenvalue weighted by atomic mass is 19.1. The third-order valence-electron chi connectivity index (χ3n) is 3.23. The van der Waals surface area contributed by atoms with E-state index in [1.807, 2.05) is 0 Å². The van der Waals surface area contributed by atoms with E-state index in [1.165, 1.54) is 12.1 Å². The molecule has 0 aliphatic heterocycles. The molecule has 0 saturated heterocycles. The predicted molar refractivity (Wildman–Crippen MR) is 62.3 cm³/mol. The lowest BCUT2D eigenvalue weighted by molar-refractivity contribution is -0.0300. The van der Waals surface area contributed by atoms with Crippen LogP contribution in [0.15, 0.2) is 18.2 Å². The van der Waals surface area contributed by atoms with Crippen LogP contribution in [0.25, 0.3) is 0 Å². The molecule has 0 aromatic heterocycles. The third-order valence-corrected chi connectivity index (χ3v) is 3.23. The summed E-state index contributed by atoms with van der Waals surface area (Å²) in [6, 6.07) is 4.48. The van der Waals surface area contributed by atoms with Crippen molar-refractivity contribution in [1.82, 2.24) is 5.32 Å². The number of nitrogens with one attached hydrogen (secondary N) is 1. The van der Waals surface area contributed by atoms with Gasteiger partial charge in [0.05, 0.1) is 11.2 Å². The lowest BCUT2D eigenvalue weighted by Crippen LogP contribution is -2.47. The molecule has 1 aromatic carbocycles. The fourth-order valence-electron chi connectivity index (χ4n) is 1.91. The number of hydrogen-bond donors (Lipinski definition) is 2. The number of rotatable bonds is 3. The molecule has 3 nitrogen and oxygen atoms in total. The van der Waals surface area contributed by atoms with E-state index in [1.54, 1.807) is 13.0 Å². The first-order chi connectivity index (χ1) is 8.00. The van der Waals surface area contributed by atoms with Crippen molar-refractivity contribution in [3.63, 3.8) is 0 Å². The van der Waals surface area contributed by atoms with Crippen LogP contribution < -0.4 is 5.32 Å². The average Bonchev–Trinajstić information content (AvgIpc) is 2.23. The average molecular weight is 237 g/mol. The van der Waals surface area contributed by atoms with Crippen molar-refractivity contribution in [2.45, 2.75) is 31.8 Å². The van der Waals surface area contributed by atoms with Crippen LogP contribution in [-0.4, -0.2) is 23.2 Å². The minimum absolute atomic E-state index is 0.0264. The van der Waals surface area contributed by atoms with Crippen LogP contribution in [0.5, 0.6) is 0 Å². The SMILES string of the molecule is Cc1ccc(C(=O)NCC2(O)CCC2)c(F)c1. The fourth-order valence-corrected chi connectivity index (χ4v) is 1.91. The van der Waals surface area contributed by atoms with Crippen LogP contribution in [0.2, 0.25) is 0 Å². The van der Waals surface area contributed by atoms with E-state index in [2.05, 4.69) is 5.32 Å². The van der Waals surface area contributed by atoms with E-state index >= 15 is 0 Å². The zero-order valence-corrected chi connectivity index (χ0v) is 9.79. The summed E-state index contributed by atoms with van der Waals surface area (Å²) in [6.07, 6.45) is 2.37. The first-order valence-corrected chi connectivity index (χ1v) is 5.77. The summed E-state index contributed by atoms with van der Waals surface area (Å²) >= 11 is 0. The molecule has 1 fully saturated rings. The Hall–Kier alpha value is -1.42. The van der Waals surface area contributed by atoms with Gasteiger partial charge in [0.15, 0.2) is 0 Å². The van der Waals surface area contributed by atoms with E-state index in [0.717, 1.165) is 12.0 Å². The molecule has 0 bridgehead atoms. The fraction of sp³-hybridized carbons (Fsp3) is 0.462. The molecule has 0 radical (unpaired) electrons. The lowest BCUT2D eigenvalue weighted by atomic mass is 9.80. The van der Waals surface area contributed by atoms with Gasteiger partial charge in [-0.25, -0.2) is 4.39 Å². The van der Waals surface area contributed by atoms with Gasteiger partial charge >= 0.3 is 0 Å². The molecule has 2 rings (SSSR count). The van der Waals surface area contributed by atoms with E-state index in [0.29, 0.717) is 12.8 Å². The van der Waals surface area contributed by atoms with Crippen LogP contribution in [-0.2, 0) is 0 Å². The summed E-state index contributed by atoms with van der Waals surface area (Å²) in [4.78, 5) is 11.7. The molecule has 1 amide bonds. The Morgan fingerprint density at radius 3 is 2.76 bits per heavy atom. The highest BCUT2D eigenvalue weighted by Crippen LogP contribution is 2.30. The Morgan fingerprint density at radius 1 is 1.53 bits per heavy atom. The van der Waals surface area contributed by atoms with Gasteiger partial charge in [-0.2, -0.15) is 0 Å². The largest absolute Gasteiger partial charge is 0.388 e. The number of amides is 1. The van der Waals surface area contributed by atoms with Gasteiger partial charge in [-0.15, -0.1) is 0 Å². The molecule has 0 atom stereocenters. The van der Waals surface area contributed by atoms with Crippen molar-refractivity contribution < 1.29 is 14.3 Å². The monoisotopic (exact) mass is 237 g/mol. The second-order valence-electron chi connectivity index (χ2n) is 4.74. The highest BCUT2D eigenvalue weighted by Gasteiger charge is 2.34. The number of carbonyl (C=O) groups excluding carboxylic acids is 1. The van der Waals surface area contributed by atoms with Crippen molar-refractivity contribution in [2.75, 3.05) is 6.54 Å². The Bertz CT molecular complexity index is 441. The van der Waals surface area contributed by atoms with Crippen molar-refractivity contribution in [1.29, 1.82) is 0 Å². The summed E-state index contributed by atoms with van der Waals surface area (Å²) in [5, 5.41) is 12.4. The Labute approximate surface area is 99.7 Å². The van der Waals surface area contributed by atoms with Crippen LogP contribution in [0, 0.1) is 12.7 Å². The number of aryl methyl sites for hydroxylation is 1. The lowest BCUT2D eigenvalue weighted by Gasteiger charge is -2.36. The number of hydrogen-bond acceptors (Lipinski definition) is 2. The summed E-state index contributed by atoms with van der Waals surface area (Å²) in [7, 11) is 0. The Kier molecular flexibility index (Phi) is 3.15. The molecular formula is C13H16FNO2. The molecule has 4 heteroatoms.